The average Bonchev–Trinajstić information content (AvgIpc) is 3.07. The topological polar surface area (TPSA) is 59.4 Å². The molecule has 0 radical (unpaired) electrons. The number of nitrogens with one attached hydrogen (secondary N) is 1. The Morgan fingerprint density at radius 3 is 2.56 bits per heavy atom. The highest BCUT2D eigenvalue weighted by Crippen LogP contribution is 2.15. The van der Waals surface area contributed by atoms with E-state index in [1.54, 1.807) is 24.5 Å². The van der Waals surface area contributed by atoms with Gasteiger partial charge in [0, 0.05) is 44.3 Å². The minimum absolute atomic E-state index is 0.198. The fourth-order valence-corrected chi connectivity index (χ4v) is 2.34. The Balaban J connectivity index is 1.80. The lowest BCUT2D eigenvalue weighted by Crippen LogP contribution is -2.38. The molecule has 25 heavy (non-hydrogen) atoms. The van der Waals surface area contributed by atoms with Crippen LogP contribution in [0.3, 0.4) is 0 Å². The lowest BCUT2D eigenvalue weighted by atomic mass is 10.1. The molecule has 1 heterocycles. The predicted molar refractivity (Wildman–Crippen MR) is 98.8 cm³/mol. The van der Waals surface area contributed by atoms with Gasteiger partial charge in [-0.25, -0.2) is 9.78 Å². The van der Waals surface area contributed by atoms with Gasteiger partial charge in [-0.3, -0.25) is 0 Å². The first-order valence-electron chi connectivity index (χ1n) is 8.52. The molecule has 1 atom stereocenters. The van der Waals surface area contributed by atoms with Gasteiger partial charge in [-0.05, 0) is 45.4 Å². The molecule has 0 spiro atoms. The third-order valence-corrected chi connectivity index (χ3v) is 3.80. The number of likely N-dealkylation sites (N-methyl/N-ethyl adjacent to an activating group) is 1. The standard InChI is InChI=1S/C19H28N4O2/c1-15(21-11-12-22(5)18(24)25-19(2,3)4)16-6-8-17(9-7-16)23-13-10-20-14-23/h6-10,13-15,21H,11-12H2,1-5H3. The van der Waals surface area contributed by atoms with Crippen LogP contribution in [0.5, 0.6) is 0 Å². The van der Waals surface area contributed by atoms with Gasteiger partial charge in [-0.15, -0.1) is 0 Å². The van der Waals surface area contributed by atoms with Crippen molar-refractivity contribution in [2.75, 3.05) is 20.1 Å². The van der Waals surface area contributed by atoms with Crippen molar-refractivity contribution in [2.24, 2.45) is 0 Å². The normalized spacial score (nSPS) is 12.7. The van der Waals surface area contributed by atoms with Crippen molar-refractivity contribution in [2.45, 2.75) is 39.3 Å². The second-order valence-electron chi connectivity index (χ2n) is 7.14. The highest BCUT2D eigenvalue weighted by Gasteiger charge is 2.19. The molecule has 1 aromatic carbocycles. The van der Waals surface area contributed by atoms with E-state index < -0.39 is 5.60 Å². The maximum Gasteiger partial charge on any atom is 0.410 e. The van der Waals surface area contributed by atoms with Crippen molar-refractivity contribution in [3.63, 3.8) is 0 Å². The van der Waals surface area contributed by atoms with Gasteiger partial charge < -0.3 is 19.5 Å². The molecule has 2 aromatic rings. The largest absolute Gasteiger partial charge is 0.444 e. The Morgan fingerprint density at radius 1 is 1.32 bits per heavy atom. The fraction of sp³-hybridized carbons (Fsp3) is 0.474. The molecule has 2 rings (SSSR count). The lowest BCUT2D eigenvalue weighted by molar-refractivity contribution is 0.0299. The first kappa shape index (κ1) is 19.0. The number of rotatable bonds is 6. The smallest absolute Gasteiger partial charge is 0.410 e. The van der Waals surface area contributed by atoms with Crippen molar-refractivity contribution in [3.05, 3.63) is 48.5 Å². The molecule has 6 heteroatoms. The van der Waals surface area contributed by atoms with E-state index in [1.807, 2.05) is 31.5 Å². The van der Waals surface area contributed by atoms with E-state index in [2.05, 4.69) is 41.5 Å². The van der Waals surface area contributed by atoms with Gasteiger partial charge in [-0.1, -0.05) is 12.1 Å². The van der Waals surface area contributed by atoms with Crippen LogP contribution < -0.4 is 5.32 Å². The van der Waals surface area contributed by atoms with Crippen LogP contribution in [0.2, 0.25) is 0 Å². The highest BCUT2D eigenvalue weighted by molar-refractivity contribution is 5.67. The minimum atomic E-state index is -0.469. The number of aromatic nitrogens is 2. The zero-order valence-corrected chi connectivity index (χ0v) is 15.7. The van der Waals surface area contributed by atoms with Gasteiger partial charge in [0.2, 0.25) is 0 Å². The number of hydrogen-bond acceptors (Lipinski definition) is 4. The Hall–Kier alpha value is -2.34. The molecule has 0 aliphatic carbocycles. The molecular weight excluding hydrogens is 316 g/mol. The van der Waals surface area contributed by atoms with Gasteiger partial charge in [-0.2, -0.15) is 0 Å². The lowest BCUT2D eigenvalue weighted by Gasteiger charge is -2.25. The molecule has 0 aliphatic heterocycles. The van der Waals surface area contributed by atoms with Crippen LogP contribution >= 0.6 is 0 Å². The van der Waals surface area contributed by atoms with Crippen molar-refractivity contribution in [1.82, 2.24) is 19.8 Å². The Bertz CT molecular complexity index is 660. The average molecular weight is 344 g/mol. The zero-order valence-electron chi connectivity index (χ0n) is 15.7. The van der Waals surface area contributed by atoms with Crippen molar-refractivity contribution in [1.29, 1.82) is 0 Å². The number of carbonyl (C=O) groups is 1. The summed E-state index contributed by atoms with van der Waals surface area (Å²) in [6.07, 6.45) is 5.16. The third-order valence-electron chi connectivity index (χ3n) is 3.80. The number of carbonyl (C=O) groups excluding carboxylic acids is 1. The van der Waals surface area contributed by atoms with E-state index in [9.17, 15) is 4.79 Å². The van der Waals surface area contributed by atoms with E-state index in [0.717, 1.165) is 5.69 Å². The van der Waals surface area contributed by atoms with Crippen LogP contribution in [0, 0.1) is 0 Å². The summed E-state index contributed by atoms with van der Waals surface area (Å²) in [7, 11) is 1.75. The SMILES string of the molecule is CC(NCCN(C)C(=O)OC(C)(C)C)c1ccc(-n2ccnc2)cc1. The zero-order chi connectivity index (χ0) is 18.4. The van der Waals surface area contributed by atoms with E-state index in [-0.39, 0.29) is 12.1 Å². The molecule has 0 bridgehead atoms. The van der Waals surface area contributed by atoms with Crippen LogP contribution in [0.25, 0.3) is 5.69 Å². The molecule has 1 unspecified atom stereocenters. The number of hydrogen-bond donors (Lipinski definition) is 1. The second kappa shape index (κ2) is 8.16. The summed E-state index contributed by atoms with van der Waals surface area (Å²) < 4.78 is 7.31. The van der Waals surface area contributed by atoms with Crippen molar-refractivity contribution >= 4 is 6.09 Å². The molecule has 6 nitrogen and oxygen atoms in total. The van der Waals surface area contributed by atoms with Gasteiger partial charge in [0.25, 0.3) is 0 Å². The monoisotopic (exact) mass is 344 g/mol. The van der Waals surface area contributed by atoms with E-state index in [4.69, 9.17) is 4.74 Å². The molecule has 1 N–H and O–H groups in total. The number of benzene rings is 1. The maximum atomic E-state index is 11.9. The first-order chi connectivity index (χ1) is 11.8. The van der Waals surface area contributed by atoms with Crippen molar-refractivity contribution < 1.29 is 9.53 Å². The Kier molecular flexibility index (Phi) is 6.20. The van der Waals surface area contributed by atoms with Gasteiger partial charge in [0.1, 0.15) is 5.60 Å². The summed E-state index contributed by atoms with van der Waals surface area (Å²) in [5.41, 5.74) is 1.81. The molecule has 136 valence electrons. The summed E-state index contributed by atoms with van der Waals surface area (Å²) in [6.45, 7) is 9.00. The van der Waals surface area contributed by atoms with Gasteiger partial charge >= 0.3 is 6.09 Å². The molecule has 1 aromatic heterocycles. The van der Waals surface area contributed by atoms with Crippen molar-refractivity contribution in [3.8, 4) is 5.69 Å². The number of amides is 1. The number of nitrogens with zero attached hydrogens (tertiary/aromatic N) is 3. The number of imidazole rings is 1. The van der Waals surface area contributed by atoms with Crippen LogP contribution in [0.15, 0.2) is 43.0 Å². The van der Waals surface area contributed by atoms with Crippen LogP contribution in [-0.2, 0) is 4.74 Å². The summed E-state index contributed by atoms with van der Waals surface area (Å²) in [6, 6.07) is 8.54. The molecule has 1 amide bonds. The van der Waals surface area contributed by atoms with Gasteiger partial charge in [0.15, 0.2) is 0 Å². The quantitative estimate of drug-likeness (QED) is 0.873. The van der Waals surface area contributed by atoms with Crippen LogP contribution in [-0.4, -0.2) is 46.3 Å². The second-order valence-corrected chi connectivity index (χ2v) is 7.14. The van der Waals surface area contributed by atoms with E-state index in [1.165, 1.54) is 5.56 Å². The summed E-state index contributed by atoms with van der Waals surface area (Å²) in [5.74, 6) is 0. The third kappa shape index (κ3) is 5.90. The van der Waals surface area contributed by atoms with E-state index >= 15 is 0 Å². The molecular formula is C19H28N4O2. The Labute approximate surface area is 149 Å². The number of ether oxygens (including phenoxy) is 1. The maximum absolute atomic E-state index is 11.9. The summed E-state index contributed by atoms with van der Waals surface area (Å²) in [5, 5.41) is 3.43. The Morgan fingerprint density at radius 2 is 2.00 bits per heavy atom. The highest BCUT2D eigenvalue weighted by atomic mass is 16.6. The van der Waals surface area contributed by atoms with Crippen LogP contribution in [0.1, 0.15) is 39.3 Å². The summed E-state index contributed by atoms with van der Waals surface area (Å²) in [4.78, 5) is 17.6. The van der Waals surface area contributed by atoms with Gasteiger partial charge in [0.05, 0.1) is 6.33 Å². The fourth-order valence-electron chi connectivity index (χ4n) is 2.34. The molecule has 0 fully saturated rings. The predicted octanol–water partition coefficient (Wildman–Crippen LogP) is 3.39. The van der Waals surface area contributed by atoms with E-state index in [0.29, 0.717) is 13.1 Å². The molecule has 0 saturated carbocycles. The first-order valence-corrected chi connectivity index (χ1v) is 8.52. The molecule has 0 saturated heterocycles. The molecule has 0 aliphatic rings. The minimum Gasteiger partial charge on any atom is -0.444 e. The van der Waals surface area contributed by atoms with Crippen LogP contribution in [0.4, 0.5) is 4.79 Å². The summed E-state index contributed by atoms with van der Waals surface area (Å²) >= 11 is 0.